The van der Waals surface area contributed by atoms with Gasteiger partial charge in [-0.15, -0.1) is 0 Å². The first-order chi connectivity index (χ1) is 4.74. The van der Waals surface area contributed by atoms with Gasteiger partial charge in [-0.3, -0.25) is 0 Å². The highest BCUT2D eigenvalue weighted by molar-refractivity contribution is 5.27. The Bertz CT molecular complexity index is 172. The third-order valence-electron chi connectivity index (χ3n) is 2.25. The van der Waals surface area contributed by atoms with Crippen molar-refractivity contribution >= 4 is 0 Å². The van der Waals surface area contributed by atoms with E-state index in [1.54, 1.807) is 5.57 Å². The summed E-state index contributed by atoms with van der Waals surface area (Å²) in [7, 11) is 0. The molecule has 0 saturated carbocycles. The second kappa shape index (κ2) is 3.05. The summed E-state index contributed by atoms with van der Waals surface area (Å²) in [6, 6.07) is 0. The molecule has 1 atom stereocenters. The van der Waals surface area contributed by atoms with Gasteiger partial charge in [-0.2, -0.15) is 0 Å². The van der Waals surface area contributed by atoms with Gasteiger partial charge >= 0.3 is 0 Å². The van der Waals surface area contributed by atoms with Crippen LogP contribution in [-0.4, -0.2) is 0 Å². The summed E-state index contributed by atoms with van der Waals surface area (Å²) < 4.78 is 0. The molecule has 1 aliphatic rings. The fraction of sp³-hybridized carbons (Fsp3) is 0.600. The summed E-state index contributed by atoms with van der Waals surface area (Å²) in [4.78, 5) is 0. The topological polar surface area (TPSA) is 0 Å². The summed E-state index contributed by atoms with van der Waals surface area (Å²) in [5.74, 6) is 0.786. The number of hydrogen-bond acceptors (Lipinski definition) is 0. The molecule has 1 aliphatic carbocycles. The van der Waals surface area contributed by atoms with Gasteiger partial charge in [-0.25, -0.2) is 0 Å². The van der Waals surface area contributed by atoms with E-state index in [1.165, 1.54) is 18.4 Å². The lowest BCUT2D eigenvalue weighted by molar-refractivity contribution is 0.655. The standard InChI is InChI=1S/C10H16/c1-4-10-7-8(2)5-6-9(10)3/h5,7,9H,4,6H2,1-3H3/t9-/m1/s1. The highest BCUT2D eigenvalue weighted by atomic mass is 14.1. The van der Waals surface area contributed by atoms with E-state index in [2.05, 4.69) is 32.9 Å². The third-order valence-corrected chi connectivity index (χ3v) is 2.25. The lowest BCUT2D eigenvalue weighted by Gasteiger charge is -2.17. The molecule has 0 aromatic carbocycles. The van der Waals surface area contributed by atoms with Crippen LogP contribution in [0, 0.1) is 5.92 Å². The molecule has 0 N–H and O–H groups in total. The third kappa shape index (κ3) is 1.50. The van der Waals surface area contributed by atoms with Crippen molar-refractivity contribution in [1.82, 2.24) is 0 Å². The summed E-state index contributed by atoms with van der Waals surface area (Å²) in [6.45, 7) is 6.72. The molecule has 0 nitrogen and oxygen atoms in total. The quantitative estimate of drug-likeness (QED) is 0.518. The zero-order valence-electron chi connectivity index (χ0n) is 7.15. The highest BCUT2D eigenvalue weighted by Gasteiger charge is 2.08. The van der Waals surface area contributed by atoms with Crippen LogP contribution in [0.3, 0.4) is 0 Å². The Balaban J connectivity index is 2.73. The van der Waals surface area contributed by atoms with E-state index in [4.69, 9.17) is 0 Å². The molecule has 10 heavy (non-hydrogen) atoms. The predicted molar refractivity (Wildman–Crippen MR) is 45.9 cm³/mol. The minimum absolute atomic E-state index is 0.786. The second-order valence-corrected chi connectivity index (χ2v) is 3.16. The minimum Gasteiger partial charge on any atom is -0.0810 e. The van der Waals surface area contributed by atoms with Crippen molar-refractivity contribution in [3.8, 4) is 0 Å². The maximum atomic E-state index is 2.33. The Labute approximate surface area is 63.6 Å². The van der Waals surface area contributed by atoms with Crippen LogP contribution in [0.5, 0.6) is 0 Å². The van der Waals surface area contributed by atoms with Gasteiger partial charge in [-0.05, 0) is 25.7 Å². The van der Waals surface area contributed by atoms with E-state index >= 15 is 0 Å². The van der Waals surface area contributed by atoms with Crippen molar-refractivity contribution in [2.24, 2.45) is 5.92 Å². The largest absolute Gasteiger partial charge is 0.0810 e. The molecule has 0 unspecified atom stereocenters. The van der Waals surface area contributed by atoms with Gasteiger partial charge in [-0.1, -0.05) is 37.1 Å². The lowest BCUT2D eigenvalue weighted by Crippen LogP contribution is -2.01. The average molecular weight is 136 g/mol. The van der Waals surface area contributed by atoms with Crippen molar-refractivity contribution in [2.45, 2.75) is 33.6 Å². The van der Waals surface area contributed by atoms with Crippen LogP contribution in [0.4, 0.5) is 0 Å². The van der Waals surface area contributed by atoms with Crippen LogP contribution in [0.1, 0.15) is 33.6 Å². The molecule has 1 rings (SSSR count). The maximum Gasteiger partial charge on any atom is -0.0194 e. The second-order valence-electron chi connectivity index (χ2n) is 3.16. The van der Waals surface area contributed by atoms with Crippen LogP contribution >= 0.6 is 0 Å². The van der Waals surface area contributed by atoms with E-state index in [9.17, 15) is 0 Å². The van der Waals surface area contributed by atoms with E-state index in [0.29, 0.717) is 0 Å². The highest BCUT2D eigenvalue weighted by Crippen LogP contribution is 2.25. The summed E-state index contributed by atoms with van der Waals surface area (Å²) in [5.41, 5.74) is 3.05. The molecular weight excluding hydrogens is 120 g/mol. The van der Waals surface area contributed by atoms with Crippen molar-refractivity contribution < 1.29 is 0 Å². The van der Waals surface area contributed by atoms with Crippen molar-refractivity contribution in [1.29, 1.82) is 0 Å². The van der Waals surface area contributed by atoms with Gasteiger partial charge in [0.1, 0.15) is 0 Å². The van der Waals surface area contributed by atoms with Gasteiger partial charge in [0.05, 0.1) is 0 Å². The predicted octanol–water partition coefficient (Wildman–Crippen LogP) is 3.31. The Morgan fingerprint density at radius 3 is 2.80 bits per heavy atom. The summed E-state index contributed by atoms with van der Waals surface area (Å²) >= 11 is 0. The Hall–Kier alpha value is -0.520. The zero-order valence-corrected chi connectivity index (χ0v) is 7.15. The Morgan fingerprint density at radius 1 is 1.60 bits per heavy atom. The smallest absolute Gasteiger partial charge is 0.0194 e. The molecule has 0 amide bonds. The molecular formula is C10H16. The van der Waals surface area contributed by atoms with Crippen LogP contribution < -0.4 is 0 Å². The molecule has 0 spiro atoms. The molecule has 0 aromatic heterocycles. The molecule has 0 aliphatic heterocycles. The first-order valence-electron chi connectivity index (χ1n) is 4.11. The van der Waals surface area contributed by atoms with E-state index in [0.717, 1.165) is 5.92 Å². The van der Waals surface area contributed by atoms with Crippen LogP contribution in [0.2, 0.25) is 0 Å². The molecule has 0 bridgehead atoms. The average Bonchev–Trinajstić information content (AvgIpc) is 1.94. The Kier molecular flexibility index (Phi) is 2.31. The zero-order chi connectivity index (χ0) is 7.56. The molecule has 0 saturated heterocycles. The fourth-order valence-corrected chi connectivity index (χ4v) is 1.46. The Morgan fingerprint density at radius 2 is 2.30 bits per heavy atom. The molecule has 56 valence electrons. The maximum absolute atomic E-state index is 2.33. The van der Waals surface area contributed by atoms with Crippen LogP contribution in [0.15, 0.2) is 23.3 Å². The normalized spacial score (nSPS) is 25.7. The van der Waals surface area contributed by atoms with Crippen LogP contribution in [-0.2, 0) is 0 Å². The molecule has 0 heterocycles. The van der Waals surface area contributed by atoms with Crippen molar-refractivity contribution in [3.05, 3.63) is 23.3 Å². The van der Waals surface area contributed by atoms with E-state index in [1.807, 2.05) is 0 Å². The fourth-order valence-electron chi connectivity index (χ4n) is 1.46. The summed E-state index contributed by atoms with van der Waals surface area (Å²) in [5, 5.41) is 0. The van der Waals surface area contributed by atoms with Gasteiger partial charge in [0.2, 0.25) is 0 Å². The van der Waals surface area contributed by atoms with Crippen LogP contribution in [0.25, 0.3) is 0 Å². The van der Waals surface area contributed by atoms with Gasteiger partial charge in [0, 0.05) is 0 Å². The first-order valence-corrected chi connectivity index (χ1v) is 4.11. The van der Waals surface area contributed by atoms with E-state index < -0.39 is 0 Å². The lowest BCUT2D eigenvalue weighted by atomic mass is 9.89. The molecule has 0 fully saturated rings. The van der Waals surface area contributed by atoms with E-state index in [-0.39, 0.29) is 0 Å². The molecule has 0 aromatic rings. The van der Waals surface area contributed by atoms with Crippen molar-refractivity contribution in [2.75, 3.05) is 0 Å². The number of allylic oxidation sites excluding steroid dienone is 4. The number of hydrogen-bond donors (Lipinski definition) is 0. The monoisotopic (exact) mass is 136 g/mol. The molecule has 0 heteroatoms. The van der Waals surface area contributed by atoms with Crippen molar-refractivity contribution in [3.63, 3.8) is 0 Å². The minimum atomic E-state index is 0.786. The number of rotatable bonds is 1. The SMILES string of the molecule is CCC1=CC(C)=CC[C@H]1C. The van der Waals surface area contributed by atoms with Gasteiger partial charge in [0.15, 0.2) is 0 Å². The first kappa shape index (κ1) is 7.59. The summed E-state index contributed by atoms with van der Waals surface area (Å²) in [6.07, 6.45) is 7.11. The van der Waals surface area contributed by atoms with Gasteiger partial charge < -0.3 is 0 Å². The van der Waals surface area contributed by atoms with Gasteiger partial charge in [0.25, 0.3) is 0 Å². The molecule has 0 radical (unpaired) electrons.